The Kier molecular flexibility index (Phi) is 6.01. The first-order valence-electron chi connectivity index (χ1n) is 11.4. The van der Waals surface area contributed by atoms with Gasteiger partial charge in [-0.15, -0.1) is 0 Å². The van der Waals surface area contributed by atoms with Gasteiger partial charge in [0, 0.05) is 43.3 Å². The second kappa shape index (κ2) is 8.63. The lowest BCUT2D eigenvalue weighted by atomic mass is 9.76. The van der Waals surface area contributed by atoms with Crippen molar-refractivity contribution in [3.63, 3.8) is 0 Å². The molecule has 0 saturated carbocycles. The van der Waals surface area contributed by atoms with E-state index in [1.165, 1.54) is 6.92 Å². The molecule has 2 aliphatic heterocycles. The Hall–Kier alpha value is -3.19. The number of fused-ring (bicyclic) bond motifs is 1. The monoisotopic (exact) mass is 448 g/mol. The summed E-state index contributed by atoms with van der Waals surface area (Å²) in [5, 5.41) is 9.12. The Morgan fingerprint density at radius 1 is 1.12 bits per heavy atom. The van der Waals surface area contributed by atoms with E-state index >= 15 is 0 Å². The van der Waals surface area contributed by atoms with Crippen molar-refractivity contribution in [2.24, 2.45) is 5.92 Å². The Balaban J connectivity index is 1.59. The van der Waals surface area contributed by atoms with Gasteiger partial charge in [0.2, 0.25) is 11.8 Å². The van der Waals surface area contributed by atoms with Crippen molar-refractivity contribution in [3.8, 4) is 0 Å². The highest BCUT2D eigenvalue weighted by Crippen LogP contribution is 2.36. The molecule has 3 amide bonds. The van der Waals surface area contributed by atoms with Crippen LogP contribution >= 0.6 is 0 Å². The first kappa shape index (κ1) is 23.0. The van der Waals surface area contributed by atoms with E-state index in [0.717, 1.165) is 16.8 Å². The molecular formula is C26H32N4O3. The molecule has 1 fully saturated rings. The number of hydrogen-bond acceptors (Lipinski definition) is 4. The molecule has 1 spiro atoms. The normalized spacial score (nSPS) is 22.5. The summed E-state index contributed by atoms with van der Waals surface area (Å²) in [5.74, 6) is -0.629. The largest absolute Gasteiger partial charge is 0.351 e. The minimum Gasteiger partial charge on any atom is -0.351 e. The lowest BCUT2D eigenvalue weighted by Gasteiger charge is -2.40. The summed E-state index contributed by atoms with van der Waals surface area (Å²) < 4.78 is 0. The van der Waals surface area contributed by atoms with Crippen LogP contribution in [0.1, 0.15) is 49.2 Å². The summed E-state index contributed by atoms with van der Waals surface area (Å²) in [6.45, 7) is 9.18. The first-order valence-corrected chi connectivity index (χ1v) is 11.4. The van der Waals surface area contributed by atoms with E-state index < -0.39 is 5.54 Å². The van der Waals surface area contributed by atoms with Crippen molar-refractivity contribution in [1.29, 1.82) is 0 Å². The Morgan fingerprint density at radius 2 is 1.82 bits per heavy atom. The van der Waals surface area contributed by atoms with Gasteiger partial charge in [0.1, 0.15) is 0 Å². The second-order valence-electron chi connectivity index (χ2n) is 10.3. The van der Waals surface area contributed by atoms with Crippen LogP contribution in [0.2, 0.25) is 0 Å². The second-order valence-corrected chi connectivity index (χ2v) is 10.3. The maximum atomic E-state index is 13.4. The number of likely N-dealkylation sites (tertiary alicyclic amines) is 1. The van der Waals surface area contributed by atoms with Crippen LogP contribution in [0.15, 0.2) is 48.5 Å². The fraction of sp³-hybridized carbons (Fsp3) is 0.423. The van der Waals surface area contributed by atoms with Crippen molar-refractivity contribution >= 4 is 23.4 Å². The van der Waals surface area contributed by atoms with Gasteiger partial charge in [-0.25, -0.2) is 0 Å². The van der Waals surface area contributed by atoms with Gasteiger partial charge in [-0.3, -0.25) is 19.3 Å². The highest BCUT2D eigenvalue weighted by atomic mass is 16.2. The number of carbonyl (C=O) groups excluding carboxylic acids is 3. The molecule has 1 saturated heterocycles. The zero-order valence-corrected chi connectivity index (χ0v) is 19.7. The van der Waals surface area contributed by atoms with Crippen LogP contribution in [0, 0.1) is 5.92 Å². The molecule has 7 heteroatoms. The van der Waals surface area contributed by atoms with Gasteiger partial charge < -0.3 is 16.0 Å². The maximum absolute atomic E-state index is 13.4. The predicted octanol–water partition coefficient (Wildman–Crippen LogP) is 2.72. The molecule has 7 nitrogen and oxygen atoms in total. The van der Waals surface area contributed by atoms with Crippen molar-refractivity contribution in [2.45, 2.75) is 51.7 Å². The molecule has 0 aromatic heterocycles. The number of anilines is 1. The van der Waals surface area contributed by atoms with Gasteiger partial charge in [-0.2, -0.15) is 0 Å². The van der Waals surface area contributed by atoms with E-state index in [4.69, 9.17) is 0 Å². The molecule has 0 bridgehead atoms. The lowest BCUT2D eigenvalue weighted by molar-refractivity contribution is -0.127. The van der Waals surface area contributed by atoms with Crippen LogP contribution in [0.5, 0.6) is 0 Å². The van der Waals surface area contributed by atoms with E-state index in [9.17, 15) is 14.4 Å². The maximum Gasteiger partial charge on any atom is 0.252 e. The van der Waals surface area contributed by atoms with Crippen LogP contribution < -0.4 is 16.0 Å². The Bertz CT molecular complexity index is 1070. The highest BCUT2D eigenvalue weighted by Gasteiger charge is 2.53. The molecule has 2 aromatic carbocycles. The number of carbonyl (C=O) groups is 3. The summed E-state index contributed by atoms with van der Waals surface area (Å²) >= 11 is 0. The minimum atomic E-state index is -0.656. The molecule has 2 aliphatic rings. The van der Waals surface area contributed by atoms with E-state index in [2.05, 4.69) is 20.9 Å². The third kappa shape index (κ3) is 5.09. The third-order valence-corrected chi connectivity index (χ3v) is 6.24. The van der Waals surface area contributed by atoms with Gasteiger partial charge in [0.25, 0.3) is 5.91 Å². The molecule has 2 aromatic rings. The van der Waals surface area contributed by atoms with Gasteiger partial charge in [-0.05, 0) is 56.5 Å². The molecule has 0 aliphatic carbocycles. The van der Waals surface area contributed by atoms with Gasteiger partial charge in [0.15, 0.2) is 0 Å². The van der Waals surface area contributed by atoms with Crippen LogP contribution in [0.3, 0.4) is 0 Å². The number of hydrogen-bond donors (Lipinski definition) is 3. The summed E-state index contributed by atoms with van der Waals surface area (Å²) in [4.78, 5) is 39.9. The van der Waals surface area contributed by atoms with E-state index in [-0.39, 0.29) is 29.2 Å². The SMILES string of the molecule is CC(=O)Nc1ccc(CN2C[C@@H](C(=O)NC(C)(C)C)[C@@]3(Cc4ccccc4C(=O)N3)C2)cc1. The predicted molar refractivity (Wildman–Crippen MR) is 128 cm³/mol. The molecule has 3 N–H and O–H groups in total. The molecule has 2 atom stereocenters. The summed E-state index contributed by atoms with van der Waals surface area (Å²) in [5.41, 5.74) is 2.49. The molecule has 0 unspecified atom stereocenters. The quantitative estimate of drug-likeness (QED) is 0.671. The molecule has 0 radical (unpaired) electrons. The lowest BCUT2D eigenvalue weighted by Crippen LogP contribution is -2.62. The molecule has 33 heavy (non-hydrogen) atoms. The Labute approximate surface area is 194 Å². The van der Waals surface area contributed by atoms with Gasteiger partial charge in [0.05, 0.1) is 11.5 Å². The van der Waals surface area contributed by atoms with Crippen molar-refractivity contribution in [2.75, 3.05) is 18.4 Å². The van der Waals surface area contributed by atoms with Crippen LogP contribution in [0.4, 0.5) is 5.69 Å². The fourth-order valence-corrected chi connectivity index (χ4v) is 4.95. The van der Waals surface area contributed by atoms with E-state index in [0.29, 0.717) is 31.6 Å². The van der Waals surface area contributed by atoms with Crippen molar-refractivity contribution in [1.82, 2.24) is 15.5 Å². The van der Waals surface area contributed by atoms with Crippen molar-refractivity contribution < 1.29 is 14.4 Å². The van der Waals surface area contributed by atoms with Crippen LogP contribution in [-0.2, 0) is 22.6 Å². The number of nitrogens with zero attached hydrogens (tertiary/aromatic N) is 1. The van der Waals surface area contributed by atoms with E-state index in [1.54, 1.807) is 0 Å². The van der Waals surface area contributed by atoms with Crippen molar-refractivity contribution in [3.05, 3.63) is 65.2 Å². The van der Waals surface area contributed by atoms with Crippen LogP contribution in [-0.4, -0.2) is 46.8 Å². The zero-order chi connectivity index (χ0) is 23.8. The van der Waals surface area contributed by atoms with E-state index in [1.807, 2.05) is 69.3 Å². The number of amides is 3. The minimum absolute atomic E-state index is 0.0364. The molecular weight excluding hydrogens is 416 g/mol. The van der Waals surface area contributed by atoms with Crippen LogP contribution in [0.25, 0.3) is 0 Å². The standard InChI is InChI=1S/C26H32N4O3/c1-17(31)27-20-11-9-18(10-12-20)14-30-15-22(24(33)28-25(2,3)4)26(16-30)13-19-7-5-6-8-21(19)23(32)29-26/h5-12,22H,13-16H2,1-4H3,(H,27,31)(H,28,33)(H,29,32)/t22-,26+/m0/s1. The zero-order valence-electron chi connectivity index (χ0n) is 19.7. The first-order chi connectivity index (χ1) is 15.5. The number of nitrogens with one attached hydrogen (secondary N) is 3. The molecule has 174 valence electrons. The average molecular weight is 449 g/mol. The summed E-state index contributed by atoms with van der Waals surface area (Å²) in [6.07, 6.45) is 0.620. The molecule has 4 rings (SSSR count). The Morgan fingerprint density at radius 3 is 2.48 bits per heavy atom. The van der Waals surface area contributed by atoms with Gasteiger partial charge >= 0.3 is 0 Å². The summed E-state index contributed by atoms with van der Waals surface area (Å²) in [6, 6.07) is 15.4. The topological polar surface area (TPSA) is 90.5 Å². The number of benzene rings is 2. The summed E-state index contributed by atoms with van der Waals surface area (Å²) in [7, 11) is 0. The van der Waals surface area contributed by atoms with Gasteiger partial charge in [-0.1, -0.05) is 30.3 Å². The number of rotatable bonds is 4. The smallest absolute Gasteiger partial charge is 0.252 e. The average Bonchev–Trinajstić information content (AvgIpc) is 3.05. The fourth-order valence-electron chi connectivity index (χ4n) is 4.95. The third-order valence-electron chi connectivity index (χ3n) is 6.24. The molecule has 2 heterocycles. The highest BCUT2D eigenvalue weighted by molar-refractivity contribution is 5.98.